The van der Waals surface area contributed by atoms with Crippen LogP contribution in [0.2, 0.25) is 0 Å². The number of pyridine rings is 1. The fourth-order valence-corrected chi connectivity index (χ4v) is 2.81. The van der Waals surface area contributed by atoms with Gasteiger partial charge >= 0.3 is 0 Å². The van der Waals surface area contributed by atoms with Gasteiger partial charge < -0.3 is 5.11 Å². The summed E-state index contributed by atoms with van der Waals surface area (Å²) in [5, 5.41) is 14.8. The van der Waals surface area contributed by atoms with E-state index in [-0.39, 0.29) is 0 Å². The van der Waals surface area contributed by atoms with E-state index in [1.165, 1.54) is 0 Å². The van der Waals surface area contributed by atoms with Crippen LogP contribution in [-0.4, -0.2) is 19.9 Å². The topological polar surface area (TPSA) is 50.9 Å². The Hall–Kier alpha value is -1.20. The van der Waals surface area contributed by atoms with Crippen molar-refractivity contribution in [2.24, 2.45) is 0 Å². The van der Waals surface area contributed by atoms with Crippen LogP contribution in [-0.2, 0) is 6.42 Å². The lowest BCUT2D eigenvalue weighted by Gasteiger charge is -2.13. The van der Waals surface area contributed by atoms with Gasteiger partial charge in [0.05, 0.1) is 17.4 Å². The molecule has 1 N–H and O–H groups in total. The zero-order valence-electron chi connectivity index (χ0n) is 11.8. The van der Waals surface area contributed by atoms with Gasteiger partial charge in [-0.1, -0.05) is 13.8 Å². The van der Waals surface area contributed by atoms with Crippen molar-refractivity contribution in [1.82, 2.24) is 14.8 Å². The van der Waals surface area contributed by atoms with E-state index >= 15 is 0 Å². The Kier molecular flexibility index (Phi) is 5.31. The molecule has 0 spiro atoms. The molecule has 0 saturated carbocycles. The van der Waals surface area contributed by atoms with E-state index in [4.69, 9.17) is 0 Å². The molecule has 20 heavy (non-hydrogen) atoms. The number of aliphatic hydroxyl groups is 1. The monoisotopic (exact) mass is 337 g/mol. The molecule has 0 saturated heterocycles. The van der Waals surface area contributed by atoms with Gasteiger partial charge in [-0.2, -0.15) is 5.10 Å². The lowest BCUT2D eigenvalue weighted by molar-refractivity contribution is 0.171. The van der Waals surface area contributed by atoms with Crippen LogP contribution in [0.25, 0.3) is 0 Å². The second-order valence-corrected chi connectivity index (χ2v) is 5.70. The predicted octanol–water partition coefficient (Wildman–Crippen LogP) is 3.68. The molecule has 2 aromatic rings. The number of hydrogen-bond donors (Lipinski definition) is 1. The SMILES string of the molecule is CCC(CC)n1ccc(CC(O)c2ncccc2Br)n1. The van der Waals surface area contributed by atoms with E-state index in [1.54, 1.807) is 6.20 Å². The Morgan fingerprint density at radius 3 is 2.70 bits per heavy atom. The number of rotatable bonds is 6. The molecule has 0 bridgehead atoms. The summed E-state index contributed by atoms with van der Waals surface area (Å²) in [5.74, 6) is 0. The van der Waals surface area contributed by atoms with Crippen LogP contribution in [0.4, 0.5) is 0 Å². The minimum absolute atomic E-state index is 0.433. The van der Waals surface area contributed by atoms with Gasteiger partial charge in [0.2, 0.25) is 0 Å². The van der Waals surface area contributed by atoms with Crippen molar-refractivity contribution in [2.75, 3.05) is 0 Å². The molecule has 2 rings (SSSR count). The number of halogens is 1. The molecule has 0 fully saturated rings. The maximum Gasteiger partial charge on any atom is 0.103 e. The normalized spacial score (nSPS) is 12.8. The fourth-order valence-electron chi connectivity index (χ4n) is 2.29. The first kappa shape index (κ1) is 15.2. The van der Waals surface area contributed by atoms with E-state index < -0.39 is 6.10 Å². The molecule has 108 valence electrons. The van der Waals surface area contributed by atoms with Crippen molar-refractivity contribution in [3.05, 3.63) is 46.5 Å². The highest BCUT2D eigenvalue weighted by molar-refractivity contribution is 9.10. The molecule has 5 heteroatoms. The predicted molar refractivity (Wildman–Crippen MR) is 82.4 cm³/mol. The summed E-state index contributed by atoms with van der Waals surface area (Å²) in [5.41, 5.74) is 1.55. The standard InChI is InChI=1S/C15H20BrN3O/c1-3-12(4-2)19-9-7-11(18-19)10-14(20)15-13(16)6-5-8-17-15/h5-9,12,14,20H,3-4,10H2,1-2H3. The average Bonchev–Trinajstić information content (AvgIpc) is 2.89. The highest BCUT2D eigenvalue weighted by atomic mass is 79.9. The van der Waals surface area contributed by atoms with E-state index in [2.05, 4.69) is 39.9 Å². The van der Waals surface area contributed by atoms with Crippen molar-refractivity contribution in [3.8, 4) is 0 Å². The van der Waals surface area contributed by atoms with Crippen LogP contribution in [0.1, 0.15) is 50.2 Å². The Balaban J connectivity index is 2.09. The Labute approximate surface area is 128 Å². The molecule has 1 unspecified atom stereocenters. The highest BCUT2D eigenvalue weighted by Gasteiger charge is 2.15. The number of aromatic nitrogens is 3. The lowest BCUT2D eigenvalue weighted by atomic mass is 10.1. The molecule has 2 heterocycles. The van der Waals surface area contributed by atoms with Crippen LogP contribution < -0.4 is 0 Å². The van der Waals surface area contributed by atoms with Crippen LogP contribution in [0.5, 0.6) is 0 Å². The molecule has 0 aliphatic rings. The van der Waals surface area contributed by atoms with Crippen LogP contribution in [0.15, 0.2) is 35.1 Å². The largest absolute Gasteiger partial charge is 0.386 e. The second kappa shape index (κ2) is 6.99. The maximum absolute atomic E-state index is 10.3. The molecule has 0 aliphatic carbocycles. The summed E-state index contributed by atoms with van der Waals surface area (Å²) in [6, 6.07) is 6.12. The summed E-state index contributed by atoms with van der Waals surface area (Å²) in [6.45, 7) is 4.32. The van der Waals surface area contributed by atoms with E-state index in [0.717, 1.165) is 23.0 Å². The molecule has 0 aliphatic heterocycles. The minimum Gasteiger partial charge on any atom is -0.386 e. The summed E-state index contributed by atoms with van der Waals surface area (Å²) >= 11 is 3.41. The zero-order valence-corrected chi connectivity index (χ0v) is 13.4. The molecule has 0 radical (unpaired) electrons. The van der Waals surface area contributed by atoms with E-state index in [9.17, 15) is 5.11 Å². The Morgan fingerprint density at radius 2 is 2.05 bits per heavy atom. The second-order valence-electron chi connectivity index (χ2n) is 4.85. The van der Waals surface area contributed by atoms with Gasteiger partial charge in [-0.3, -0.25) is 9.67 Å². The summed E-state index contributed by atoms with van der Waals surface area (Å²) in [7, 11) is 0. The van der Waals surface area contributed by atoms with Gasteiger partial charge in [0, 0.05) is 23.3 Å². The first-order valence-corrected chi connectivity index (χ1v) is 7.77. The van der Waals surface area contributed by atoms with Crippen molar-refractivity contribution in [1.29, 1.82) is 0 Å². The molecular formula is C15H20BrN3O. The van der Waals surface area contributed by atoms with Crippen LogP contribution >= 0.6 is 15.9 Å². The smallest absolute Gasteiger partial charge is 0.103 e. The molecule has 0 aromatic carbocycles. The van der Waals surface area contributed by atoms with E-state index in [1.807, 2.05) is 29.1 Å². The minimum atomic E-state index is -0.643. The van der Waals surface area contributed by atoms with Crippen LogP contribution in [0, 0.1) is 0 Å². The quantitative estimate of drug-likeness (QED) is 0.874. The van der Waals surface area contributed by atoms with Crippen molar-refractivity contribution in [2.45, 2.75) is 45.3 Å². The fraction of sp³-hybridized carbons (Fsp3) is 0.467. The van der Waals surface area contributed by atoms with E-state index in [0.29, 0.717) is 18.2 Å². The third-order valence-corrected chi connectivity index (χ3v) is 4.16. The number of hydrogen-bond acceptors (Lipinski definition) is 3. The van der Waals surface area contributed by atoms with Gasteiger partial charge in [-0.05, 0) is 47.0 Å². The molecule has 4 nitrogen and oxygen atoms in total. The third-order valence-electron chi connectivity index (χ3n) is 3.49. The lowest BCUT2D eigenvalue weighted by Crippen LogP contribution is -2.09. The van der Waals surface area contributed by atoms with Crippen molar-refractivity contribution >= 4 is 15.9 Å². The van der Waals surface area contributed by atoms with Gasteiger partial charge in [0.1, 0.15) is 6.10 Å². The third kappa shape index (κ3) is 3.46. The average molecular weight is 338 g/mol. The summed E-state index contributed by atoms with van der Waals surface area (Å²) in [4.78, 5) is 4.22. The van der Waals surface area contributed by atoms with Gasteiger partial charge in [0.15, 0.2) is 0 Å². The molecule has 2 aromatic heterocycles. The van der Waals surface area contributed by atoms with Gasteiger partial charge in [-0.25, -0.2) is 0 Å². The van der Waals surface area contributed by atoms with Crippen molar-refractivity contribution < 1.29 is 5.11 Å². The number of aliphatic hydroxyl groups excluding tert-OH is 1. The van der Waals surface area contributed by atoms with Crippen molar-refractivity contribution in [3.63, 3.8) is 0 Å². The molecular weight excluding hydrogens is 318 g/mol. The Bertz CT molecular complexity index is 552. The van der Waals surface area contributed by atoms with Crippen LogP contribution in [0.3, 0.4) is 0 Å². The summed E-state index contributed by atoms with van der Waals surface area (Å²) < 4.78 is 2.82. The van der Waals surface area contributed by atoms with Gasteiger partial charge in [-0.15, -0.1) is 0 Å². The molecule has 0 amide bonds. The highest BCUT2D eigenvalue weighted by Crippen LogP contribution is 2.23. The molecule has 1 atom stereocenters. The van der Waals surface area contributed by atoms with Gasteiger partial charge in [0.25, 0.3) is 0 Å². The Morgan fingerprint density at radius 1 is 1.30 bits per heavy atom. The first-order valence-electron chi connectivity index (χ1n) is 6.98. The zero-order chi connectivity index (χ0) is 14.5. The first-order chi connectivity index (χ1) is 9.65. The number of nitrogens with zero attached hydrogens (tertiary/aromatic N) is 3. The maximum atomic E-state index is 10.3. The summed E-state index contributed by atoms with van der Waals surface area (Å²) in [6.07, 6.45) is 5.63.